The van der Waals surface area contributed by atoms with Gasteiger partial charge in [0.05, 0.1) is 11.5 Å². The predicted octanol–water partition coefficient (Wildman–Crippen LogP) is 6.94. The van der Waals surface area contributed by atoms with E-state index >= 15 is 0 Å². The maximum absolute atomic E-state index is 13.5. The van der Waals surface area contributed by atoms with Crippen LogP contribution in [0, 0.1) is 6.92 Å². The highest BCUT2D eigenvalue weighted by Crippen LogP contribution is 2.45. The Bertz CT molecular complexity index is 1750. The van der Waals surface area contributed by atoms with Gasteiger partial charge >= 0.3 is 0 Å². The van der Waals surface area contributed by atoms with Gasteiger partial charge in [-0.1, -0.05) is 66.7 Å². The van der Waals surface area contributed by atoms with Crippen molar-refractivity contribution in [1.82, 2.24) is 15.2 Å². The van der Waals surface area contributed by atoms with Crippen molar-refractivity contribution in [3.05, 3.63) is 114 Å². The first kappa shape index (κ1) is 21.3. The molecule has 2 aromatic heterocycles. The number of aryl methyl sites for hydroxylation is 1. The first-order chi connectivity index (χ1) is 18.2. The number of benzene rings is 4. The van der Waals surface area contributed by atoms with Gasteiger partial charge in [0.1, 0.15) is 11.2 Å². The van der Waals surface area contributed by atoms with Crippen LogP contribution in [-0.2, 0) is 4.79 Å². The van der Waals surface area contributed by atoms with Gasteiger partial charge in [0.15, 0.2) is 5.58 Å². The minimum absolute atomic E-state index is 0.0487. The second-order valence-electron chi connectivity index (χ2n) is 9.31. The van der Waals surface area contributed by atoms with Gasteiger partial charge in [-0.3, -0.25) is 9.89 Å². The Morgan fingerprint density at radius 1 is 0.865 bits per heavy atom. The molecule has 0 radical (unpaired) electrons. The first-order valence-electron chi connectivity index (χ1n) is 12.2. The number of aromatic nitrogens is 3. The number of fused-ring (bicyclic) bond motifs is 4. The Kier molecular flexibility index (Phi) is 4.79. The highest BCUT2D eigenvalue weighted by molar-refractivity contribution is 6.03. The molecule has 0 saturated heterocycles. The number of anilines is 1. The third-order valence-corrected chi connectivity index (χ3v) is 6.94. The van der Waals surface area contributed by atoms with Crippen LogP contribution in [0.25, 0.3) is 44.9 Å². The highest BCUT2D eigenvalue weighted by Gasteiger charge is 2.33. The Morgan fingerprint density at radius 2 is 1.57 bits per heavy atom. The van der Waals surface area contributed by atoms with E-state index in [4.69, 9.17) is 4.42 Å². The number of rotatable bonds is 4. The quantitative estimate of drug-likeness (QED) is 0.285. The van der Waals surface area contributed by atoms with E-state index < -0.39 is 0 Å². The molecule has 2 heterocycles. The molecule has 0 saturated carbocycles. The molecule has 6 nitrogen and oxygen atoms in total. The monoisotopic (exact) mass is 482 g/mol. The highest BCUT2D eigenvalue weighted by atomic mass is 16.3. The summed E-state index contributed by atoms with van der Waals surface area (Å²) in [5.41, 5.74) is 10.1. The van der Waals surface area contributed by atoms with Crippen LogP contribution < -0.4 is 5.32 Å². The van der Waals surface area contributed by atoms with Crippen molar-refractivity contribution in [1.29, 1.82) is 0 Å². The molecule has 1 aliphatic rings. The van der Waals surface area contributed by atoms with E-state index in [1.807, 2.05) is 85.8 Å². The van der Waals surface area contributed by atoms with E-state index in [9.17, 15) is 4.79 Å². The topological polar surface area (TPSA) is 83.8 Å². The summed E-state index contributed by atoms with van der Waals surface area (Å²) in [4.78, 5) is 18.1. The molecular weight excluding hydrogens is 460 g/mol. The van der Waals surface area contributed by atoms with E-state index in [0.29, 0.717) is 5.89 Å². The van der Waals surface area contributed by atoms with Gasteiger partial charge in [0, 0.05) is 17.4 Å². The van der Waals surface area contributed by atoms with Crippen molar-refractivity contribution in [3.63, 3.8) is 0 Å². The molecule has 6 heteroatoms. The standard InChI is InChI=1S/C31H22N4O2/c1-18-10-15-26-27(16-18)37-31(34-26)25-17-32-35-29(25)19-11-13-20(14-12-19)33-30(36)28-23-8-4-2-6-21(23)22-7-3-5-9-24(22)28/h2-17,28H,1H3,(H,32,35)(H,33,36). The van der Waals surface area contributed by atoms with Gasteiger partial charge in [-0.25, -0.2) is 4.98 Å². The molecule has 7 rings (SSSR count). The summed E-state index contributed by atoms with van der Waals surface area (Å²) in [6.45, 7) is 2.02. The Morgan fingerprint density at radius 3 is 2.30 bits per heavy atom. The van der Waals surface area contributed by atoms with Crippen LogP contribution >= 0.6 is 0 Å². The summed E-state index contributed by atoms with van der Waals surface area (Å²) in [7, 11) is 0. The van der Waals surface area contributed by atoms with E-state index in [1.54, 1.807) is 6.20 Å². The van der Waals surface area contributed by atoms with Gasteiger partial charge in [-0.2, -0.15) is 5.10 Å². The summed E-state index contributed by atoms with van der Waals surface area (Å²) in [5.74, 6) is 0.125. The van der Waals surface area contributed by atoms with Crippen molar-refractivity contribution >= 4 is 22.7 Å². The Hall–Kier alpha value is -4.97. The molecule has 2 N–H and O–H groups in total. The number of nitrogens with one attached hydrogen (secondary N) is 2. The van der Waals surface area contributed by atoms with Crippen LogP contribution in [-0.4, -0.2) is 21.1 Å². The fourth-order valence-corrected chi connectivity index (χ4v) is 5.18. The number of carbonyl (C=O) groups excluding carboxylic acids is 1. The van der Waals surface area contributed by atoms with Crippen LogP contribution in [0.5, 0.6) is 0 Å². The lowest BCUT2D eigenvalue weighted by Gasteiger charge is -2.14. The third kappa shape index (κ3) is 3.53. The van der Waals surface area contributed by atoms with Gasteiger partial charge in [0.2, 0.25) is 11.8 Å². The first-order valence-corrected chi connectivity index (χ1v) is 12.2. The molecule has 1 aliphatic carbocycles. The maximum atomic E-state index is 13.5. The summed E-state index contributed by atoms with van der Waals surface area (Å²) >= 11 is 0. The van der Waals surface area contributed by atoms with Gasteiger partial charge in [-0.05, 0) is 59.0 Å². The van der Waals surface area contributed by atoms with Crippen LogP contribution in [0.15, 0.2) is 102 Å². The molecular formula is C31H22N4O2. The summed E-state index contributed by atoms with van der Waals surface area (Å²) in [6.07, 6.45) is 1.79. The minimum Gasteiger partial charge on any atom is -0.436 e. The molecule has 0 aliphatic heterocycles. The van der Waals surface area contributed by atoms with Crippen LogP contribution in [0.1, 0.15) is 22.6 Å². The third-order valence-electron chi connectivity index (χ3n) is 6.94. The number of hydrogen-bond donors (Lipinski definition) is 2. The molecule has 37 heavy (non-hydrogen) atoms. The van der Waals surface area contributed by atoms with Crippen molar-refractivity contribution < 1.29 is 9.21 Å². The zero-order chi connectivity index (χ0) is 24.9. The van der Waals surface area contributed by atoms with Crippen molar-refractivity contribution in [2.75, 3.05) is 5.32 Å². The summed E-state index contributed by atoms with van der Waals surface area (Å²) in [6, 6.07) is 29.9. The van der Waals surface area contributed by atoms with Crippen LogP contribution in [0.4, 0.5) is 5.69 Å². The van der Waals surface area contributed by atoms with E-state index in [-0.39, 0.29) is 11.8 Å². The lowest BCUT2D eigenvalue weighted by molar-refractivity contribution is -0.116. The lowest BCUT2D eigenvalue weighted by Crippen LogP contribution is -2.20. The van der Waals surface area contributed by atoms with Crippen LogP contribution in [0.2, 0.25) is 0 Å². The molecule has 0 fully saturated rings. The van der Waals surface area contributed by atoms with Gasteiger partial charge in [-0.15, -0.1) is 0 Å². The zero-order valence-corrected chi connectivity index (χ0v) is 20.0. The number of carbonyl (C=O) groups is 1. The van der Waals surface area contributed by atoms with Crippen molar-refractivity contribution in [2.45, 2.75) is 12.8 Å². The Labute approximate surface area is 213 Å². The largest absolute Gasteiger partial charge is 0.436 e. The second-order valence-corrected chi connectivity index (χ2v) is 9.31. The second kappa shape index (κ2) is 8.31. The number of hydrogen-bond acceptors (Lipinski definition) is 4. The predicted molar refractivity (Wildman–Crippen MR) is 144 cm³/mol. The number of aromatic amines is 1. The average molecular weight is 483 g/mol. The number of amides is 1. The SMILES string of the molecule is Cc1ccc2nc(-c3c[nH]nc3-c3ccc(NC(=O)C4c5ccccc5-c5ccccc54)cc3)oc2c1. The van der Waals surface area contributed by atoms with Gasteiger partial charge < -0.3 is 9.73 Å². The lowest BCUT2D eigenvalue weighted by atomic mass is 9.96. The van der Waals surface area contributed by atoms with Crippen molar-refractivity contribution in [3.8, 4) is 33.8 Å². The molecule has 1 amide bonds. The molecule has 0 bridgehead atoms. The zero-order valence-electron chi connectivity index (χ0n) is 20.0. The molecule has 4 aromatic carbocycles. The minimum atomic E-state index is -0.340. The van der Waals surface area contributed by atoms with E-state index in [2.05, 4.69) is 32.6 Å². The fraction of sp³-hybridized carbons (Fsp3) is 0.0645. The molecule has 0 atom stereocenters. The number of H-pyrrole nitrogens is 1. The van der Waals surface area contributed by atoms with E-state index in [1.165, 1.54) is 0 Å². The summed E-state index contributed by atoms with van der Waals surface area (Å²) in [5, 5.41) is 10.5. The normalized spacial score (nSPS) is 12.5. The number of oxazole rings is 1. The fourth-order valence-electron chi connectivity index (χ4n) is 5.18. The Balaban J connectivity index is 1.16. The molecule has 178 valence electrons. The van der Waals surface area contributed by atoms with Crippen molar-refractivity contribution in [2.24, 2.45) is 0 Å². The molecule has 0 unspecified atom stereocenters. The van der Waals surface area contributed by atoms with E-state index in [0.717, 1.165) is 61.4 Å². The van der Waals surface area contributed by atoms with Gasteiger partial charge in [0.25, 0.3) is 0 Å². The number of nitrogens with zero attached hydrogens (tertiary/aromatic N) is 2. The maximum Gasteiger partial charge on any atom is 0.236 e. The average Bonchev–Trinajstić information content (AvgIpc) is 3.64. The molecule has 6 aromatic rings. The smallest absolute Gasteiger partial charge is 0.236 e. The molecule has 0 spiro atoms. The van der Waals surface area contributed by atoms with Crippen LogP contribution in [0.3, 0.4) is 0 Å². The summed E-state index contributed by atoms with van der Waals surface area (Å²) < 4.78 is 6.02.